The van der Waals surface area contributed by atoms with Gasteiger partial charge in [-0.15, -0.1) is 0 Å². The Balaban J connectivity index is 2.21. The van der Waals surface area contributed by atoms with Crippen LogP contribution >= 0.6 is 15.9 Å². The van der Waals surface area contributed by atoms with Crippen molar-refractivity contribution in [3.05, 3.63) is 28.7 Å². The lowest BCUT2D eigenvalue weighted by Crippen LogP contribution is -2.55. The van der Waals surface area contributed by atoms with Crippen molar-refractivity contribution in [2.75, 3.05) is 18.0 Å². The molecule has 6 heteroatoms. The minimum atomic E-state index is -0.863. The van der Waals surface area contributed by atoms with Gasteiger partial charge in [-0.2, -0.15) is 0 Å². The Morgan fingerprint density at radius 3 is 2.72 bits per heavy atom. The van der Waals surface area contributed by atoms with Crippen LogP contribution in [0.5, 0.6) is 0 Å². The number of aliphatic carboxylic acids is 1. The zero-order chi connectivity index (χ0) is 13.1. The maximum atomic E-state index is 11.4. The van der Waals surface area contributed by atoms with Crippen LogP contribution in [0.2, 0.25) is 0 Å². The Labute approximate surface area is 113 Å². The summed E-state index contributed by atoms with van der Waals surface area (Å²) in [6.45, 7) is 0.556. The zero-order valence-corrected chi connectivity index (χ0v) is 11.2. The summed E-state index contributed by atoms with van der Waals surface area (Å²) in [6, 6.07) is 7.29. The average molecular weight is 313 g/mol. The first kappa shape index (κ1) is 12.9. The highest BCUT2D eigenvalue weighted by molar-refractivity contribution is 9.10. The van der Waals surface area contributed by atoms with Crippen molar-refractivity contribution in [1.29, 1.82) is 0 Å². The SMILES string of the molecule is O=C(O)CC1CNC(=O)CN1c1ccc(Br)cc1. The first-order valence-electron chi connectivity index (χ1n) is 5.57. The molecule has 0 radical (unpaired) electrons. The minimum Gasteiger partial charge on any atom is -0.481 e. The van der Waals surface area contributed by atoms with Gasteiger partial charge in [-0.1, -0.05) is 15.9 Å². The van der Waals surface area contributed by atoms with Crippen molar-refractivity contribution in [3.8, 4) is 0 Å². The molecule has 0 bridgehead atoms. The van der Waals surface area contributed by atoms with Crippen molar-refractivity contribution in [1.82, 2.24) is 5.32 Å². The van der Waals surface area contributed by atoms with Crippen molar-refractivity contribution >= 4 is 33.5 Å². The Morgan fingerprint density at radius 1 is 1.44 bits per heavy atom. The molecule has 1 aliphatic rings. The topological polar surface area (TPSA) is 69.6 Å². The number of halogens is 1. The molecule has 0 aromatic heterocycles. The molecule has 1 saturated heterocycles. The Kier molecular flexibility index (Phi) is 3.86. The van der Waals surface area contributed by atoms with E-state index in [0.29, 0.717) is 6.54 Å². The summed E-state index contributed by atoms with van der Waals surface area (Å²) in [5.74, 6) is -0.946. The number of carbonyl (C=O) groups is 2. The van der Waals surface area contributed by atoms with E-state index in [1.165, 1.54) is 0 Å². The molecule has 0 saturated carbocycles. The van der Waals surface area contributed by atoms with Crippen molar-refractivity contribution < 1.29 is 14.7 Å². The quantitative estimate of drug-likeness (QED) is 0.880. The summed E-state index contributed by atoms with van der Waals surface area (Å²) in [5.41, 5.74) is 0.860. The van der Waals surface area contributed by atoms with Crippen LogP contribution in [0.4, 0.5) is 5.69 Å². The molecule has 0 aliphatic carbocycles. The number of nitrogens with zero attached hydrogens (tertiary/aromatic N) is 1. The number of carboxylic acids is 1. The number of rotatable bonds is 3. The van der Waals surface area contributed by atoms with Gasteiger partial charge in [0.05, 0.1) is 19.0 Å². The molecule has 1 unspecified atom stereocenters. The van der Waals surface area contributed by atoms with Crippen LogP contribution < -0.4 is 10.2 Å². The van der Waals surface area contributed by atoms with Gasteiger partial charge in [-0.05, 0) is 24.3 Å². The second kappa shape index (κ2) is 5.39. The summed E-state index contributed by atoms with van der Waals surface area (Å²) in [6.07, 6.45) is 0.0103. The van der Waals surface area contributed by atoms with E-state index in [2.05, 4.69) is 21.2 Å². The lowest BCUT2D eigenvalue weighted by Gasteiger charge is -2.36. The number of piperazine rings is 1. The third kappa shape index (κ3) is 3.01. The summed E-state index contributed by atoms with van der Waals surface area (Å²) in [4.78, 5) is 24.1. The number of benzene rings is 1. The molecule has 2 rings (SSSR count). The van der Waals surface area contributed by atoms with E-state index >= 15 is 0 Å². The molecule has 18 heavy (non-hydrogen) atoms. The molecule has 1 aromatic carbocycles. The number of hydrogen-bond donors (Lipinski definition) is 2. The lowest BCUT2D eigenvalue weighted by atomic mass is 10.1. The third-order valence-corrected chi connectivity index (χ3v) is 3.39. The van der Waals surface area contributed by atoms with E-state index in [1.807, 2.05) is 29.2 Å². The number of hydrogen-bond acceptors (Lipinski definition) is 3. The fraction of sp³-hybridized carbons (Fsp3) is 0.333. The number of anilines is 1. The molecule has 1 amide bonds. The zero-order valence-electron chi connectivity index (χ0n) is 9.60. The van der Waals surface area contributed by atoms with Gasteiger partial charge in [0.15, 0.2) is 0 Å². The maximum Gasteiger partial charge on any atom is 0.305 e. The van der Waals surface area contributed by atoms with Gasteiger partial charge in [0.25, 0.3) is 0 Å². The molecular weight excluding hydrogens is 300 g/mol. The highest BCUT2D eigenvalue weighted by Gasteiger charge is 2.28. The Hall–Kier alpha value is -1.56. The molecule has 0 spiro atoms. The molecule has 1 aliphatic heterocycles. The summed E-state index contributed by atoms with van der Waals surface area (Å²) >= 11 is 3.34. The predicted molar refractivity (Wildman–Crippen MR) is 70.5 cm³/mol. The van der Waals surface area contributed by atoms with Gasteiger partial charge in [0, 0.05) is 16.7 Å². The molecule has 2 N–H and O–H groups in total. The third-order valence-electron chi connectivity index (χ3n) is 2.86. The molecule has 1 atom stereocenters. The first-order valence-corrected chi connectivity index (χ1v) is 6.36. The van der Waals surface area contributed by atoms with Crippen LogP contribution in [0, 0.1) is 0 Å². The summed E-state index contributed by atoms with van der Waals surface area (Å²) in [5, 5.41) is 11.6. The Bertz CT molecular complexity index is 461. The van der Waals surface area contributed by atoms with E-state index in [4.69, 9.17) is 5.11 Å². The number of nitrogens with one attached hydrogen (secondary N) is 1. The van der Waals surface area contributed by atoms with Gasteiger partial charge in [-0.25, -0.2) is 0 Å². The normalized spacial score (nSPS) is 19.5. The second-order valence-corrected chi connectivity index (χ2v) is 5.08. The van der Waals surface area contributed by atoms with Gasteiger partial charge in [-0.3, -0.25) is 9.59 Å². The molecule has 1 fully saturated rings. The van der Waals surface area contributed by atoms with Gasteiger partial charge in [0.1, 0.15) is 0 Å². The van der Waals surface area contributed by atoms with Crippen molar-refractivity contribution in [2.45, 2.75) is 12.5 Å². The van der Waals surface area contributed by atoms with E-state index in [-0.39, 0.29) is 24.9 Å². The smallest absolute Gasteiger partial charge is 0.305 e. The largest absolute Gasteiger partial charge is 0.481 e. The minimum absolute atomic E-state index is 0.0103. The molecular formula is C12H13BrN2O3. The first-order chi connectivity index (χ1) is 8.56. The van der Waals surface area contributed by atoms with Crippen molar-refractivity contribution in [3.63, 3.8) is 0 Å². The van der Waals surface area contributed by atoms with Crippen molar-refractivity contribution in [2.24, 2.45) is 0 Å². The van der Waals surface area contributed by atoms with E-state index in [1.54, 1.807) is 0 Å². The van der Waals surface area contributed by atoms with E-state index < -0.39 is 5.97 Å². The fourth-order valence-corrected chi connectivity index (χ4v) is 2.26. The maximum absolute atomic E-state index is 11.4. The Morgan fingerprint density at radius 2 is 2.11 bits per heavy atom. The van der Waals surface area contributed by atoms with Crippen LogP contribution in [0.15, 0.2) is 28.7 Å². The number of amides is 1. The lowest BCUT2D eigenvalue weighted by molar-refractivity contribution is -0.138. The van der Waals surface area contributed by atoms with Gasteiger partial charge < -0.3 is 15.3 Å². The van der Waals surface area contributed by atoms with Crippen LogP contribution in [0.3, 0.4) is 0 Å². The van der Waals surface area contributed by atoms with E-state index in [9.17, 15) is 9.59 Å². The molecule has 1 aromatic rings. The highest BCUT2D eigenvalue weighted by Crippen LogP contribution is 2.22. The van der Waals surface area contributed by atoms with Gasteiger partial charge in [0.2, 0.25) is 5.91 Å². The standard InChI is InChI=1S/C12H13BrN2O3/c13-8-1-3-9(4-2-8)15-7-11(16)14-6-10(15)5-12(17)18/h1-4,10H,5-7H2,(H,14,16)(H,17,18). The monoisotopic (exact) mass is 312 g/mol. The number of carboxylic acid groups (broad SMARTS) is 1. The second-order valence-electron chi connectivity index (χ2n) is 4.16. The van der Waals surface area contributed by atoms with E-state index in [0.717, 1.165) is 10.2 Å². The van der Waals surface area contributed by atoms with Crippen LogP contribution in [0.1, 0.15) is 6.42 Å². The molecule has 5 nitrogen and oxygen atoms in total. The summed E-state index contributed by atoms with van der Waals surface area (Å²) < 4.78 is 0.947. The fourth-order valence-electron chi connectivity index (χ4n) is 2.00. The average Bonchev–Trinajstić information content (AvgIpc) is 2.32. The van der Waals surface area contributed by atoms with Crippen LogP contribution in [-0.4, -0.2) is 36.1 Å². The number of carbonyl (C=O) groups excluding carboxylic acids is 1. The molecule has 96 valence electrons. The van der Waals surface area contributed by atoms with Gasteiger partial charge >= 0.3 is 5.97 Å². The highest BCUT2D eigenvalue weighted by atomic mass is 79.9. The predicted octanol–water partition coefficient (Wildman–Crippen LogP) is 1.23. The summed E-state index contributed by atoms with van der Waals surface area (Å²) in [7, 11) is 0. The van der Waals surface area contributed by atoms with Crippen LogP contribution in [-0.2, 0) is 9.59 Å². The van der Waals surface area contributed by atoms with Crippen LogP contribution in [0.25, 0.3) is 0 Å². The molecule has 1 heterocycles.